The Labute approximate surface area is 185 Å². The summed E-state index contributed by atoms with van der Waals surface area (Å²) in [5.41, 5.74) is 4.36. The Bertz CT molecular complexity index is 897. The second kappa shape index (κ2) is 10.3. The number of amides is 1. The van der Waals surface area contributed by atoms with E-state index in [0.717, 1.165) is 6.42 Å². The Kier molecular flexibility index (Phi) is 8.08. The maximum absolute atomic E-state index is 12.0. The molecule has 2 aromatic carbocycles. The summed E-state index contributed by atoms with van der Waals surface area (Å²) in [5.74, 6) is 0.892. The number of hydrogen-bond donors (Lipinski definition) is 2. The van der Waals surface area contributed by atoms with Gasteiger partial charge < -0.3 is 14.6 Å². The van der Waals surface area contributed by atoms with Gasteiger partial charge in [0.25, 0.3) is 5.91 Å². The number of hydrogen-bond acceptors (Lipinski definition) is 5. The minimum absolute atomic E-state index is 0.0483. The molecule has 31 heavy (non-hydrogen) atoms. The zero-order valence-corrected chi connectivity index (χ0v) is 19.4. The van der Waals surface area contributed by atoms with Crippen molar-refractivity contribution in [2.45, 2.75) is 53.4 Å². The summed E-state index contributed by atoms with van der Waals surface area (Å²) in [6, 6.07) is 12.7. The van der Waals surface area contributed by atoms with Gasteiger partial charge in [0.1, 0.15) is 17.2 Å². The fourth-order valence-corrected chi connectivity index (χ4v) is 3.68. The lowest BCUT2D eigenvalue weighted by molar-refractivity contribution is -0.123. The average Bonchev–Trinajstić information content (AvgIpc) is 2.67. The largest absolute Gasteiger partial charge is 0.507 e. The van der Waals surface area contributed by atoms with E-state index >= 15 is 0 Å². The first-order valence-electron chi connectivity index (χ1n) is 10.5. The molecule has 0 unspecified atom stereocenters. The Hall–Kier alpha value is -3.02. The maximum Gasteiger partial charge on any atom is 0.277 e. The lowest BCUT2D eigenvalue weighted by atomic mass is 9.72. The molecule has 6 nitrogen and oxygen atoms in total. The van der Waals surface area contributed by atoms with E-state index < -0.39 is 5.91 Å². The molecule has 0 bridgehead atoms. The predicted octanol–water partition coefficient (Wildman–Crippen LogP) is 5.03. The first kappa shape index (κ1) is 24.3. The van der Waals surface area contributed by atoms with Crippen LogP contribution in [0.15, 0.2) is 47.6 Å². The molecule has 0 aromatic heterocycles. The zero-order valence-electron chi connectivity index (χ0n) is 19.4. The van der Waals surface area contributed by atoms with Crippen LogP contribution >= 0.6 is 0 Å². The van der Waals surface area contributed by atoms with Crippen LogP contribution in [0.1, 0.15) is 59.1 Å². The summed E-state index contributed by atoms with van der Waals surface area (Å²) in [7, 11) is 0. The van der Waals surface area contributed by atoms with Crippen LogP contribution in [0.4, 0.5) is 0 Å². The number of phenols is 1. The number of carbonyl (C=O) groups excluding carboxylic acids is 1. The molecule has 0 heterocycles. The summed E-state index contributed by atoms with van der Waals surface area (Å²) >= 11 is 0. The Balaban J connectivity index is 1.88. The Morgan fingerprint density at radius 2 is 1.68 bits per heavy atom. The van der Waals surface area contributed by atoms with Crippen LogP contribution in [0.2, 0.25) is 0 Å². The van der Waals surface area contributed by atoms with Crippen LogP contribution in [-0.2, 0) is 10.2 Å². The third-order valence-electron chi connectivity index (χ3n) is 4.68. The van der Waals surface area contributed by atoms with E-state index in [9.17, 15) is 9.90 Å². The summed E-state index contributed by atoms with van der Waals surface area (Å²) < 4.78 is 10.9. The number of phenolic OH excluding ortho intramolecular Hbond substituents is 1. The molecule has 0 aliphatic carbocycles. The minimum atomic E-state index is -0.395. The minimum Gasteiger partial charge on any atom is -0.507 e. The third-order valence-corrected chi connectivity index (χ3v) is 4.68. The number of aromatic hydroxyl groups is 1. The molecule has 0 aliphatic heterocycles. The van der Waals surface area contributed by atoms with E-state index in [2.05, 4.69) is 45.1 Å². The lowest BCUT2D eigenvalue weighted by Crippen LogP contribution is -2.25. The van der Waals surface area contributed by atoms with E-state index in [1.807, 2.05) is 31.2 Å². The van der Waals surface area contributed by atoms with Gasteiger partial charge in [0.05, 0.1) is 12.8 Å². The topological polar surface area (TPSA) is 80.2 Å². The van der Waals surface area contributed by atoms with Gasteiger partial charge in [-0.2, -0.15) is 5.10 Å². The molecule has 2 aromatic rings. The molecule has 0 atom stereocenters. The number of carbonyl (C=O) groups is 1. The maximum atomic E-state index is 12.0. The van der Waals surface area contributed by atoms with E-state index in [1.54, 1.807) is 12.1 Å². The summed E-state index contributed by atoms with van der Waals surface area (Å²) in [6.07, 6.45) is 2.42. The van der Waals surface area contributed by atoms with E-state index in [0.29, 0.717) is 23.7 Å². The highest BCUT2D eigenvalue weighted by atomic mass is 16.5. The number of benzene rings is 2. The average molecular weight is 427 g/mol. The Morgan fingerprint density at radius 1 is 1.03 bits per heavy atom. The lowest BCUT2D eigenvalue weighted by Gasteiger charge is -2.33. The molecule has 6 heteroatoms. The summed E-state index contributed by atoms with van der Waals surface area (Å²) in [5, 5.41) is 13.8. The summed E-state index contributed by atoms with van der Waals surface area (Å²) in [6.45, 7) is 13.4. The van der Waals surface area contributed by atoms with Crippen molar-refractivity contribution in [3.63, 3.8) is 0 Å². The normalized spacial score (nSPS) is 12.1. The zero-order chi connectivity index (χ0) is 23.1. The second-order valence-corrected chi connectivity index (χ2v) is 9.38. The highest BCUT2D eigenvalue weighted by Gasteiger charge is 2.27. The molecule has 1 amide bonds. The molecule has 2 rings (SSSR count). The molecular formula is C25H34N2O4. The first-order valence-corrected chi connectivity index (χ1v) is 10.5. The fraction of sp³-hybridized carbons (Fsp3) is 0.440. The molecule has 0 radical (unpaired) electrons. The van der Waals surface area contributed by atoms with Crippen LogP contribution < -0.4 is 14.9 Å². The van der Waals surface area contributed by atoms with Crippen molar-refractivity contribution >= 4 is 12.1 Å². The van der Waals surface area contributed by atoms with Crippen molar-refractivity contribution in [3.05, 3.63) is 53.6 Å². The van der Waals surface area contributed by atoms with Gasteiger partial charge in [-0.3, -0.25) is 4.79 Å². The predicted molar refractivity (Wildman–Crippen MR) is 124 cm³/mol. The molecular weight excluding hydrogens is 392 g/mol. The quantitative estimate of drug-likeness (QED) is 0.435. The SMILES string of the molecule is CCOc1ccc(O)c(C=NNC(=O)COc2ccc(C(C)(C)CC(C)(C)C)cc2)c1. The van der Waals surface area contributed by atoms with Gasteiger partial charge in [-0.15, -0.1) is 0 Å². The van der Waals surface area contributed by atoms with Crippen molar-refractivity contribution in [2.24, 2.45) is 10.5 Å². The molecule has 0 fully saturated rings. The van der Waals surface area contributed by atoms with Crippen LogP contribution in [-0.4, -0.2) is 30.4 Å². The smallest absolute Gasteiger partial charge is 0.277 e. The number of ether oxygens (including phenoxy) is 2. The summed E-state index contributed by atoms with van der Waals surface area (Å²) in [4.78, 5) is 12.0. The molecule has 0 saturated heterocycles. The molecule has 0 aliphatic rings. The van der Waals surface area contributed by atoms with Crippen LogP contribution in [0.5, 0.6) is 17.2 Å². The van der Waals surface area contributed by atoms with Gasteiger partial charge in [-0.05, 0) is 60.1 Å². The van der Waals surface area contributed by atoms with Crippen molar-refractivity contribution in [1.29, 1.82) is 0 Å². The number of nitrogens with zero attached hydrogens (tertiary/aromatic N) is 1. The highest BCUT2D eigenvalue weighted by Crippen LogP contribution is 2.36. The van der Waals surface area contributed by atoms with E-state index in [4.69, 9.17) is 9.47 Å². The number of nitrogens with one attached hydrogen (secondary N) is 1. The van der Waals surface area contributed by atoms with Gasteiger partial charge in [-0.1, -0.05) is 46.8 Å². The van der Waals surface area contributed by atoms with Crippen molar-refractivity contribution in [1.82, 2.24) is 5.43 Å². The van der Waals surface area contributed by atoms with Crippen molar-refractivity contribution < 1.29 is 19.4 Å². The fourth-order valence-electron chi connectivity index (χ4n) is 3.68. The monoisotopic (exact) mass is 426 g/mol. The van der Waals surface area contributed by atoms with Crippen LogP contribution in [0, 0.1) is 5.41 Å². The van der Waals surface area contributed by atoms with Gasteiger partial charge in [0.2, 0.25) is 0 Å². The highest BCUT2D eigenvalue weighted by molar-refractivity contribution is 5.85. The number of rotatable bonds is 9. The molecule has 168 valence electrons. The molecule has 0 saturated carbocycles. The Morgan fingerprint density at radius 3 is 2.29 bits per heavy atom. The van der Waals surface area contributed by atoms with Gasteiger partial charge in [0, 0.05) is 5.56 Å². The van der Waals surface area contributed by atoms with Crippen molar-refractivity contribution in [2.75, 3.05) is 13.2 Å². The van der Waals surface area contributed by atoms with Crippen LogP contribution in [0.25, 0.3) is 0 Å². The van der Waals surface area contributed by atoms with Crippen LogP contribution in [0.3, 0.4) is 0 Å². The third kappa shape index (κ3) is 7.96. The molecule has 2 N–H and O–H groups in total. The van der Waals surface area contributed by atoms with Gasteiger partial charge in [-0.25, -0.2) is 5.43 Å². The second-order valence-electron chi connectivity index (χ2n) is 9.38. The van der Waals surface area contributed by atoms with Gasteiger partial charge >= 0.3 is 0 Å². The molecule has 0 spiro atoms. The van der Waals surface area contributed by atoms with Crippen molar-refractivity contribution in [3.8, 4) is 17.2 Å². The van der Waals surface area contributed by atoms with E-state index in [1.165, 1.54) is 17.8 Å². The number of hydrazone groups is 1. The van der Waals surface area contributed by atoms with E-state index in [-0.39, 0.29) is 23.2 Å². The van der Waals surface area contributed by atoms with Gasteiger partial charge in [0.15, 0.2) is 6.61 Å². The standard InChI is InChI=1S/C25H34N2O4/c1-7-30-21-12-13-22(28)18(14-21)15-26-27-23(29)16-31-20-10-8-19(9-11-20)25(5,6)17-24(2,3)4/h8-15,28H,7,16-17H2,1-6H3,(H,27,29). The first-order chi connectivity index (χ1) is 14.5.